The highest BCUT2D eigenvalue weighted by Crippen LogP contribution is 2.06. The summed E-state index contributed by atoms with van der Waals surface area (Å²) in [6.07, 6.45) is 2.45. The maximum atomic E-state index is 11.9. The fourth-order valence-corrected chi connectivity index (χ4v) is 2.97. The van der Waals surface area contributed by atoms with Gasteiger partial charge in [0, 0.05) is 37.3 Å². The van der Waals surface area contributed by atoms with Gasteiger partial charge in [0.2, 0.25) is 0 Å². The van der Waals surface area contributed by atoms with E-state index in [2.05, 4.69) is 28.9 Å². The average Bonchev–Trinajstić information content (AvgIpc) is 2.84. The second kappa shape index (κ2) is 7.91. The molecule has 0 saturated heterocycles. The molecule has 19 heavy (non-hydrogen) atoms. The molecule has 110 valence electrons. The van der Waals surface area contributed by atoms with Gasteiger partial charge in [-0.25, -0.2) is 0 Å². The Labute approximate surface area is 119 Å². The highest BCUT2D eigenvalue weighted by Gasteiger charge is 2.16. The van der Waals surface area contributed by atoms with Crippen LogP contribution in [0.1, 0.15) is 25.1 Å². The minimum absolute atomic E-state index is 0.293. The molecule has 0 atom stereocenters. The molecule has 1 rings (SSSR count). The van der Waals surface area contributed by atoms with Gasteiger partial charge in [0.05, 0.1) is 5.51 Å². The van der Waals surface area contributed by atoms with Crippen LogP contribution in [0.2, 0.25) is 0 Å². The van der Waals surface area contributed by atoms with Crippen molar-refractivity contribution in [1.82, 2.24) is 19.3 Å². The van der Waals surface area contributed by atoms with E-state index in [0.717, 1.165) is 17.8 Å². The van der Waals surface area contributed by atoms with Gasteiger partial charge in [-0.05, 0) is 13.0 Å². The van der Waals surface area contributed by atoms with E-state index in [-0.39, 0.29) is 0 Å². The van der Waals surface area contributed by atoms with Gasteiger partial charge in [0.25, 0.3) is 10.2 Å². The molecule has 0 saturated carbocycles. The second-order valence-electron chi connectivity index (χ2n) is 4.58. The van der Waals surface area contributed by atoms with Crippen molar-refractivity contribution in [1.29, 1.82) is 0 Å². The van der Waals surface area contributed by atoms with Gasteiger partial charge in [0.15, 0.2) is 0 Å². The van der Waals surface area contributed by atoms with Crippen molar-refractivity contribution in [3.8, 4) is 0 Å². The molecular formula is C11H22N4O2S2. The molecule has 0 spiro atoms. The van der Waals surface area contributed by atoms with E-state index in [1.165, 1.54) is 15.6 Å². The summed E-state index contributed by atoms with van der Waals surface area (Å²) in [6.45, 7) is 5.74. The highest BCUT2D eigenvalue weighted by atomic mass is 32.2. The zero-order valence-electron chi connectivity index (χ0n) is 11.6. The Morgan fingerprint density at radius 2 is 2.21 bits per heavy atom. The van der Waals surface area contributed by atoms with Gasteiger partial charge >= 0.3 is 0 Å². The van der Waals surface area contributed by atoms with Crippen LogP contribution in [0.3, 0.4) is 0 Å². The summed E-state index contributed by atoms with van der Waals surface area (Å²) in [4.78, 5) is 4.81. The lowest BCUT2D eigenvalue weighted by atomic mass is 10.3. The van der Waals surface area contributed by atoms with Crippen LogP contribution in [0.25, 0.3) is 0 Å². The summed E-state index contributed by atoms with van der Waals surface area (Å²) in [5.74, 6) is 0. The summed E-state index contributed by atoms with van der Waals surface area (Å²) in [7, 11) is -1.81. The number of nitrogens with zero attached hydrogens (tertiary/aromatic N) is 2. The van der Waals surface area contributed by atoms with Gasteiger partial charge in [-0.15, -0.1) is 11.3 Å². The van der Waals surface area contributed by atoms with Crippen LogP contribution in [-0.2, 0) is 16.8 Å². The van der Waals surface area contributed by atoms with Gasteiger partial charge in [-0.1, -0.05) is 13.8 Å². The third-order valence-electron chi connectivity index (χ3n) is 2.52. The zero-order valence-corrected chi connectivity index (χ0v) is 13.2. The lowest BCUT2D eigenvalue weighted by molar-refractivity contribution is 0.439. The first-order chi connectivity index (χ1) is 8.92. The van der Waals surface area contributed by atoms with Crippen LogP contribution in [-0.4, -0.2) is 43.9 Å². The van der Waals surface area contributed by atoms with E-state index in [1.54, 1.807) is 18.8 Å². The van der Waals surface area contributed by atoms with Crippen molar-refractivity contribution < 1.29 is 8.42 Å². The lowest BCUT2D eigenvalue weighted by Gasteiger charge is -2.17. The molecular weight excluding hydrogens is 284 g/mol. The maximum Gasteiger partial charge on any atom is 0.279 e. The quantitative estimate of drug-likeness (QED) is 0.662. The monoisotopic (exact) mass is 306 g/mol. The highest BCUT2D eigenvalue weighted by molar-refractivity contribution is 7.87. The Kier molecular flexibility index (Phi) is 6.87. The van der Waals surface area contributed by atoms with Crippen LogP contribution in [0.4, 0.5) is 0 Å². The van der Waals surface area contributed by atoms with E-state index in [0.29, 0.717) is 19.1 Å². The van der Waals surface area contributed by atoms with Crippen molar-refractivity contribution in [2.45, 2.75) is 32.9 Å². The van der Waals surface area contributed by atoms with Crippen LogP contribution in [0.5, 0.6) is 0 Å². The van der Waals surface area contributed by atoms with Gasteiger partial charge in [-0.2, -0.15) is 17.4 Å². The van der Waals surface area contributed by atoms with Crippen molar-refractivity contribution >= 4 is 21.5 Å². The van der Waals surface area contributed by atoms with Crippen molar-refractivity contribution in [3.63, 3.8) is 0 Å². The summed E-state index contributed by atoms with van der Waals surface area (Å²) in [5, 5.41) is 3.26. The first-order valence-corrected chi connectivity index (χ1v) is 8.55. The minimum Gasteiger partial charge on any atom is -0.314 e. The normalized spacial score (nSPS) is 12.5. The molecule has 0 unspecified atom stereocenters. The van der Waals surface area contributed by atoms with E-state index in [4.69, 9.17) is 0 Å². The molecule has 8 heteroatoms. The molecule has 0 aliphatic rings. The summed E-state index contributed by atoms with van der Waals surface area (Å²) in [6, 6.07) is 0.423. The van der Waals surface area contributed by atoms with Crippen molar-refractivity contribution in [2.24, 2.45) is 0 Å². The molecule has 0 aliphatic carbocycles. The molecule has 0 amide bonds. The Morgan fingerprint density at radius 3 is 2.79 bits per heavy atom. The Morgan fingerprint density at radius 1 is 1.47 bits per heavy atom. The molecule has 0 fully saturated rings. The molecule has 1 aromatic rings. The fraction of sp³-hybridized carbons (Fsp3) is 0.727. The molecule has 0 aromatic carbocycles. The van der Waals surface area contributed by atoms with Crippen LogP contribution >= 0.6 is 11.3 Å². The lowest BCUT2D eigenvalue weighted by Crippen LogP contribution is -2.39. The Bertz CT molecular complexity index is 445. The van der Waals surface area contributed by atoms with E-state index >= 15 is 0 Å². The summed E-state index contributed by atoms with van der Waals surface area (Å²) in [5.41, 5.74) is 1.69. The number of hydrogen-bond acceptors (Lipinski definition) is 5. The van der Waals surface area contributed by atoms with E-state index < -0.39 is 10.2 Å². The fourth-order valence-electron chi connectivity index (χ4n) is 1.41. The first-order valence-electron chi connectivity index (χ1n) is 6.23. The molecule has 0 bridgehead atoms. The molecule has 0 radical (unpaired) electrons. The third kappa shape index (κ3) is 6.44. The average molecular weight is 306 g/mol. The predicted octanol–water partition coefficient (Wildman–Crippen LogP) is 0.797. The smallest absolute Gasteiger partial charge is 0.279 e. The van der Waals surface area contributed by atoms with E-state index in [9.17, 15) is 8.42 Å². The van der Waals surface area contributed by atoms with Crippen LogP contribution in [0, 0.1) is 0 Å². The SMILES string of the molecule is CC(C)NCCCN(C)S(=O)(=O)NCc1cncs1. The maximum absolute atomic E-state index is 11.9. The van der Waals surface area contributed by atoms with Gasteiger partial charge in [0.1, 0.15) is 0 Å². The van der Waals surface area contributed by atoms with Crippen LogP contribution < -0.4 is 10.0 Å². The molecule has 6 nitrogen and oxygen atoms in total. The largest absolute Gasteiger partial charge is 0.314 e. The topological polar surface area (TPSA) is 74.3 Å². The first kappa shape index (κ1) is 16.5. The number of rotatable bonds is 9. The molecule has 1 heterocycles. The second-order valence-corrected chi connectivity index (χ2v) is 7.41. The molecule has 1 aromatic heterocycles. The number of hydrogen-bond donors (Lipinski definition) is 2. The van der Waals surface area contributed by atoms with Gasteiger partial charge < -0.3 is 5.32 Å². The number of nitrogens with one attached hydrogen (secondary N) is 2. The summed E-state index contributed by atoms with van der Waals surface area (Å²) < 4.78 is 27.8. The molecule has 2 N–H and O–H groups in total. The number of thiazole rings is 1. The van der Waals surface area contributed by atoms with Gasteiger partial charge in [-0.3, -0.25) is 4.98 Å². The number of aromatic nitrogens is 1. The van der Waals surface area contributed by atoms with Crippen LogP contribution in [0.15, 0.2) is 11.7 Å². The minimum atomic E-state index is -3.40. The standard InChI is InChI=1S/C11H22N4O2S2/c1-10(2)13-5-4-6-15(3)19(16,17)14-8-11-7-12-9-18-11/h7,9-10,13-14H,4-6,8H2,1-3H3. The molecule has 0 aliphatic heterocycles. The summed E-state index contributed by atoms with van der Waals surface area (Å²) >= 11 is 1.43. The Balaban J connectivity index is 2.30. The third-order valence-corrected chi connectivity index (χ3v) is 4.82. The van der Waals surface area contributed by atoms with E-state index in [1.807, 2.05) is 0 Å². The zero-order chi connectivity index (χ0) is 14.3. The van der Waals surface area contributed by atoms with Crippen molar-refractivity contribution in [3.05, 3.63) is 16.6 Å². The predicted molar refractivity (Wildman–Crippen MR) is 78.3 cm³/mol. The van der Waals surface area contributed by atoms with Crippen molar-refractivity contribution in [2.75, 3.05) is 20.1 Å². The Hall–Kier alpha value is -0.540.